The minimum Gasteiger partial charge on any atom is -0.370 e. The van der Waals surface area contributed by atoms with Gasteiger partial charge in [0.25, 0.3) is 0 Å². The summed E-state index contributed by atoms with van der Waals surface area (Å²) in [6.45, 7) is 6.66. The SMILES string of the molecule is CCCNc1cc(NC(C(N)=O)C(C)C)nc(N)n1. The van der Waals surface area contributed by atoms with Crippen LogP contribution in [0.3, 0.4) is 0 Å². The second-order valence-corrected chi connectivity index (χ2v) is 4.69. The van der Waals surface area contributed by atoms with Crippen LogP contribution in [-0.2, 0) is 4.79 Å². The molecule has 0 radical (unpaired) electrons. The van der Waals surface area contributed by atoms with Gasteiger partial charge in [-0.05, 0) is 12.3 Å². The highest BCUT2D eigenvalue weighted by atomic mass is 16.1. The van der Waals surface area contributed by atoms with Gasteiger partial charge in [0.1, 0.15) is 17.7 Å². The summed E-state index contributed by atoms with van der Waals surface area (Å²) >= 11 is 0. The Bertz CT molecular complexity index is 434. The molecular formula is C12H22N6O. The molecule has 0 aliphatic heterocycles. The molecule has 0 saturated heterocycles. The fourth-order valence-corrected chi connectivity index (χ4v) is 1.61. The minimum atomic E-state index is -0.492. The average Bonchev–Trinajstić information content (AvgIpc) is 2.32. The molecule has 1 aromatic rings. The lowest BCUT2D eigenvalue weighted by molar-refractivity contribution is -0.119. The van der Waals surface area contributed by atoms with Crippen LogP contribution in [0.25, 0.3) is 0 Å². The molecule has 0 spiro atoms. The number of hydrogen-bond donors (Lipinski definition) is 4. The zero-order chi connectivity index (χ0) is 14.4. The van der Waals surface area contributed by atoms with Crippen LogP contribution in [0.15, 0.2) is 6.07 Å². The van der Waals surface area contributed by atoms with Crippen molar-refractivity contribution in [2.45, 2.75) is 33.2 Å². The number of amides is 1. The van der Waals surface area contributed by atoms with Gasteiger partial charge >= 0.3 is 0 Å². The lowest BCUT2D eigenvalue weighted by atomic mass is 10.0. The molecule has 1 unspecified atom stereocenters. The number of carbonyl (C=O) groups is 1. The standard InChI is InChI=1S/C12H22N6O/c1-4-5-15-8-6-9(18-12(14)17-8)16-10(7(2)3)11(13)19/h6-7,10H,4-5H2,1-3H3,(H2,13,19)(H4,14,15,16,17,18). The highest BCUT2D eigenvalue weighted by molar-refractivity contribution is 5.83. The smallest absolute Gasteiger partial charge is 0.240 e. The van der Waals surface area contributed by atoms with E-state index in [2.05, 4.69) is 27.5 Å². The Morgan fingerprint density at radius 3 is 2.53 bits per heavy atom. The predicted octanol–water partition coefficient (Wildman–Crippen LogP) is 0.803. The zero-order valence-electron chi connectivity index (χ0n) is 11.6. The fourth-order valence-electron chi connectivity index (χ4n) is 1.61. The third kappa shape index (κ3) is 4.61. The van der Waals surface area contributed by atoms with Crippen LogP contribution < -0.4 is 22.1 Å². The molecule has 7 nitrogen and oxygen atoms in total. The summed E-state index contributed by atoms with van der Waals surface area (Å²) in [5.74, 6) is 0.902. The molecule has 0 aromatic carbocycles. The maximum atomic E-state index is 11.4. The molecule has 0 fully saturated rings. The summed E-state index contributed by atoms with van der Waals surface area (Å²) in [5, 5.41) is 6.11. The van der Waals surface area contributed by atoms with Gasteiger partial charge < -0.3 is 22.1 Å². The van der Waals surface area contributed by atoms with E-state index in [4.69, 9.17) is 11.5 Å². The van der Waals surface area contributed by atoms with Crippen molar-refractivity contribution in [2.75, 3.05) is 22.9 Å². The number of primary amides is 1. The number of carbonyl (C=O) groups excluding carboxylic acids is 1. The Hall–Kier alpha value is -2.05. The normalized spacial score (nSPS) is 12.2. The van der Waals surface area contributed by atoms with Crippen LogP contribution in [0.1, 0.15) is 27.2 Å². The lowest BCUT2D eigenvalue weighted by Crippen LogP contribution is -2.39. The lowest BCUT2D eigenvalue weighted by Gasteiger charge is -2.20. The third-order valence-electron chi connectivity index (χ3n) is 2.58. The second-order valence-electron chi connectivity index (χ2n) is 4.69. The molecule has 1 rings (SSSR count). The van der Waals surface area contributed by atoms with E-state index in [0.29, 0.717) is 11.6 Å². The van der Waals surface area contributed by atoms with Gasteiger partial charge in [-0.3, -0.25) is 4.79 Å². The molecule has 6 N–H and O–H groups in total. The maximum Gasteiger partial charge on any atom is 0.240 e. The number of nitrogens with zero attached hydrogens (tertiary/aromatic N) is 2. The number of anilines is 3. The molecule has 1 atom stereocenters. The van der Waals surface area contributed by atoms with Crippen molar-refractivity contribution in [3.8, 4) is 0 Å². The molecule has 7 heteroatoms. The summed E-state index contributed by atoms with van der Waals surface area (Å²) in [4.78, 5) is 19.5. The first-order valence-electron chi connectivity index (χ1n) is 6.38. The summed E-state index contributed by atoms with van der Waals surface area (Å²) < 4.78 is 0. The highest BCUT2D eigenvalue weighted by Gasteiger charge is 2.20. The first kappa shape index (κ1) is 15.0. The largest absolute Gasteiger partial charge is 0.370 e. The number of rotatable bonds is 7. The van der Waals surface area contributed by atoms with E-state index in [1.165, 1.54) is 0 Å². The van der Waals surface area contributed by atoms with Crippen molar-refractivity contribution < 1.29 is 4.79 Å². The third-order valence-corrected chi connectivity index (χ3v) is 2.58. The minimum absolute atomic E-state index is 0.0562. The Morgan fingerprint density at radius 2 is 2.00 bits per heavy atom. The number of nitrogens with one attached hydrogen (secondary N) is 2. The predicted molar refractivity (Wildman–Crippen MR) is 76.7 cm³/mol. The van der Waals surface area contributed by atoms with Crippen LogP contribution in [0.2, 0.25) is 0 Å². The molecular weight excluding hydrogens is 244 g/mol. The van der Waals surface area contributed by atoms with Crippen molar-refractivity contribution in [3.05, 3.63) is 6.07 Å². The van der Waals surface area contributed by atoms with Crippen LogP contribution in [0.5, 0.6) is 0 Å². The molecule has 0 bridgehead atoms. The molecule has 1 aromatic heterocycles. The molecule has 106 valence electrons. The van der Waals surface area contributed by atoms with Gasteiger partial charge in [0.05, 0.1) is 0 Å². The Labute approximate surface area is 113 Å². The molecule has 1 heterocycles. The Balaban J connectivity index is 2.87. The summed E-state index contributed by atoms with van der Waals surface area (Å²) in [6, 6.07) is 1.22. The van der Waals surface area contributed by atoms with Gasteiger partial charge in [-0.1, -0.05) is 20.8 Å². The fraction of sp³-hybridized carbons (Fsp3) is 0.583. The van der Waals surface area contributed by atoms with Crippen LogP contribution in [-0.4, -0.2) is 28.5 Å². The first-order chi connectivity index (χ1) is 8.93. The van der Waals surface area contributed by atoms with E-state index in [-0.39, 0.29) is 11.9 Å². The van der Waals surface area contributed by atoms with Crippen molar-refractivity contribution >= 4 is 23.5 Å². The van der Waals surface area contributed by atoms with Gasteiger partial charge in [0.15, 0.2) is 0 Å². The van der Waals surface area contributed by atoms with Crippen molar-refractivity contribution in [1.82, 2.24) is 9.97 Å². The first-order valence-corrected chi connectivity index (χ1v) is 6.38. The van der Waals surface area contributed by atoms with Crippen LogP contribution in [0, 0.1) is 5.92 Å². The van der Waals surface area contributed by atoms with Crippen molar-refractivity contribution in [2.24, 2.45) is 11.7 Å². The number of nitrogen functional groups attached to an aromatic ring is 1. The van der Waals surface area contributed by atoms with Crippen LogP contribution in [0.4, 0.5) is 17.6 Å². The summed E-state index contributed by atoms with van der Waals surface area (Å²) in [5.41, 5.74) is 11.0. The van der Waals surface area contributed by atoms with E-state index in [1.807, 2.05) is 13.8 Å². The topological polar surface area (TPSA) is 119 Å². The average molecular weight is 266 g/mol. The summed E-state index contributed by atoms with van der Waals surface area (Å²) in [6.07, 6.45) is 0.975. The zero-order valence-corrected chi connectivity index (χ0v) is 11.6. The van der Waals surface area contributed by atoms with E-state index in [1.54, 1.807) is 6.07 Å². The van der Waals surface area contributed by atoms with Gasteiger partial charge in [0.2, 0.25) is 11.9 Å². The Morgan fingerprint density at radius 1 is 1.37 bits per heavy atom. The van der Waals surface area contributed by atoms with Crippen molar-refractivity contribution in [1.29, 1.82) is 0 Å². The van der Waals surface area contributed by atoms with Gasteiger partial charge in [-0.2, -0.15) is 9.97 Å². The number of aromatic nitrogens is 2. The summed E-state index contributed by atoms with van der Waals surface area (Å²) in [7, 11) is 0. The maximum absolute atomic E-state index is 11.4. The number of hydrogen-bond acceptors (Lipinski definition) is 6. The van der Waals surface area contributed by atoms with Crippen molar-refractivity contribution in [3.63, 3.8) is 0 Å². The quantitative estimate of drug-likeness (QED) is 0.579. The van der Waals surface area contributed by atoms with E-state index < -0.39 is 11.9 Å². The molecule has 0 aliphatic rings. The molecule has 1 amide bonds. The van der Waals surface area contributed by atoms with Gasteiger partial charge in [-0.25, -0.2) is 0 Å². The van der Waals surface area contributed by atoms with E-state index in [0.717, 1.165) is 13.0 Å². The highest BCUT2D eigenvalue weighted by Crippen LogP contribution is 2.15. The molecule has 19 heavy (non-hydrogen) atoms. The monoisotopic (exact) mass is 266 g/mol. The molecule has 0 aliphatic carbocycles. The number of nitrogens with two attached hydrogens (primary N) is 2. The van der Waals surface area contributed by atoms with E-state index in [9.17, 15) is 4.79 Å². The second kappa shape index (κ2) is 6.77. The van der Waals surface area contributed by atoms with Gasteiger partial charge in [-0.15, -0.1) is 0 Å². The van der Waals surface area contributed by atoms with Gasteiger partial charge in [0, 0.05) is 12.6 Å². The Kier molecular flexibility index (Phi) is 5.35. The van der Waals surface area contributed by atoms with E-state index >= 15 is 0 Å². The molecule has 0 saturated carbocycles. The van der Waals surface area contributed by atoms with Crippen LogP contribution >= 0.6 is 0 Å².